The number of rotatable bonds is 4. The predicted octanol–water partition coefficient (Wildman–Crippen LogP) is 2.41. The summed E-state index contributed by atoms with van der Waals surface area (Å²) in [7, 11) is 0. The van der Waals surface area contributed by atoms with Crippen LogP contribution in [0.1, 0.15) is 31.0 Å². The molecule has 1 aromatic heterocycles. The largest absolute Gasteiger partial charge is 0.493 e. The van der Waals surface area contributed by atoms with Crippen LogP contribution in [0.25, 0.3) is 0 Å². The van der Waals surface area contributed by atoms with Crippen LogP contribution in [-0.2, 0) is 19.4 Å². The summed E-state index contributed by atoms with van der Waals surface area (Å²) in [6.45, 7) is 5.55. The van der Waals surface area contributed by atoms with Gasteiger partial charge < -0.3 is 4.74 Å². The fourth-order valence-electron chi connectivity index (χ4n) is 2.64. The molecule has 0 aliphatic carbocycles. The summed E-state index contributed by atoms with van der Waals surface area (Å²) < 4.78 is 9.05. The zero-order valence-corrected chi connectivity index (χ0v) is 12.0. The van der Waals surface area contributed by atoms with Gasteiger partial charge in [0.25, 0.3) is 0 Å². The normalized spacial score (nSPS) is 13.6. The van der Waals surface area contributed by atoms with Crippen LogP contribution in [0, 0.1) is 0 Å². The van der Waals surface area contributed by atoms with Crippen molar-refractivity contribution in [2.75, 3.05) is 6.61 Å². The van der Waals surface area contributed by atoms with E-state index in [0.29, 0.717) is 0 Å². The summed E-state index contributed by atoms with van der Waals surface area (Å²) in [6.07, 6.45) is 5.60. The molecule has 1 aliphatic rings. The van der Waals surface area contributed by atoms with Gasteiger partial charge >= 0.3 is 5.69 Å². The number of nitrogens with zero attached hydrogens (tertiary/aromatic N) is 2. The molecule has 0 bridgehead atoms. The van der Waals surface area contributed by atoms with Crippen LogP contribution in [0.15, 0.2) is 35.4 Å². The van der Waals surface area contributed by atoms with E-state index >= 15 is 0 Å². The third kappa shape index (κ3) is 2.38. The molecule has 0 spiro atoms. The van der Waals surface area contributed by atoms with Gasteiger partial charge in [0.15, 0.2) is 0 Å². The fourth-order valence-corrected chi connectivity index (χ4v) is 2.64. The van der Waals surface area contributed by atoms with Crippen molar-refractivity contribution in [3.8, 4) is 5.75 Å². The number of fused-ring (bicyclic) bond motifs is 1. The van der Waals surface area contributed by atoms with E-state index in [2.05, 4.69) is 12.1 Å². The van der Waals surface area contributed by atoms with Crippen molar-refractivity contribution in [2.24, 2.45) is 0 Å². The second-order valence-corrected chi connectivity index (χ2v) is 5.57. The standard InChI is InChI=1S/C16H20N2O2/c1-12(2)18-9-8-17(16(18)19)7-5-13-3-4-15-14(11-13)6-10-20-15/h3-4,8-9,11-12H,5-7,10H2,1-2H3. The van der Waals surface area contributed by atoms with Gasteiger partial charge in [-0.25, -0.2) is 4.79 Å². The van der Waals surface area contributed by atoms with E-state index < -0.39 is 0 Å². The highest BCUT2D eigenvalue weighted by Gasteiger charge is 2.12. The zero-order chi connectivity index (χ0) is 14.1. The van der Waals surface area contributed by atoms with Crippen molar-refractivity contribution >= 4 is 0 Å². The number of benzene rings is 1. The summed E-state index contributed by atoms with van der Waals surface area (Å²) in [5, 5.41) is 0. The van der Waals surface area contributed by atoms with Crippen LogP contribution in [0.2, 0.25) is 0 Å². The Bertz CT molecular complexity index is 667. The maximum Gasteiger partial charge on any atom is 0.328 e. The molecule has 20 heavy (non-hydrogen) atoms. The first-order valence-corrected chi connectivity index (χ1v) is 7.17. The first-order valence-electron chi connectivity index (χ1n) is 7.17. The Morgan fingerprint density at radius 3 is 2.90 bits per heavy atom. The minimum atomic E-state index is 0.0736. The average molecular weight is 272 g/mol. The molecule has 2 aromatic rings. The lowest BCUT2D eigenvalue weighted by molar-refractivity contribution is 0.357. The molecule has 1 aliphatic heterocycles. The number of ether oxygens (including phenoxy) is 1. The first-order chi connectivity index (χ1) is 9.65. The Balaban J connectivity index is 1.72. The second-order valence-electron chi connectivity index (χ2n) is 5.57. The van der Waals surface area contributed by atoms with Gasteiger partial charge in [-0.1, -0.05) is 12.1 Å². The van der Waals surface area contributed by atoms with E-state index in [4.69, 9.17) is 4.74 Å². The van der Waals surface area contributed by atoms with Crippen LogP contribution in [-0.4, -0.2) is 15.7 Å². The average Bonchev–Trinajstić information content (AvgIpc) is 3.02. The molecule has 0 atom stereocenters. The Hall–Kier alpha value is -1.97. The lowest BCUT2D eigenvalue weighted by Gasteiger charge is -2.06. The molecule has 1 aromatic carbocycles. The maximum atomic E-state index is 12.1. The summed E-state index contributed by atoms with van der Waals surface area (Å²) in [4.78, 5) is 12.1. The lowest BCUT2D eigenvalue weighted by Crippen LogP contribution is -2.25. The van der Waals surface area contributed by atoms with Crippen molar-refractivity contribution in [1.82, 2.24) is 9.13 Å². The van der Waals surface area contributed by atoms with Gasteiger partial charge in [-0.2, -0.15) is 0 Å². The van der Waals surface area contributed by atoms with Crippen molar-refractivity contribution in [3.05, 3.63) is 52.2 Å². The Morgan fingerprint density at radius 1 is 1.30 bits per heavy atom. The third-order valence-electron chi connectivity index (χ3n) is 3.83. The van der Waals surface area contributed by atoms with Gasteiger partial charge in [-0.15, -0.1) is 0 Å². The summed E-state index contributed by atoms with van der Waals surface area (Å²) in [6, 6.07) is 6.54. The Morgan fingerprint density at radius 2 is 2.15 bits per heavy atom. The molecule has 0 N–H and O–H groups in total. The molecule has 2 heterocycles. The molecule has 4 heteroatoms. The molecule has 3 rings (SSSR count). The molecular formula is C16H20N2O2. The summed E-state index contributed by atoms with van der Waals surface area (Å²) in [5.41, 5.74) is 2.62. The van der Waals surface area contributed by atoms with Crippen molar-refractivity contribution in [3.63, 3.8) is 0 Å². The van der Waals surface area contributed by atoms with E-state index in [1.807, 2.05) is 32.3 Å². The van der Waals surface area contributed by atoms with E-state index in [0.717, 1.165) is 31.7 Å². The number of imidazole rings is 1. The minimum Gasteiger partial charge on any atom is -0.493 e. The smallest absolute Gasteiger partial charge is 0.328 e. The van der Waals surface area contributed by atoms with Gasteiger partial charge in [-0.05, 0) is 37.5 Å². The molecule has 0 unspecified atom stereocenters. The minimum absolute atomic E-state index is 0.0736. The number of aryl methyl sites for hydroxylation is 2. The molecule has 0 saturated heterocycles. The van der Waals surface area contributed by atoms with E-state index in [-0.39, 0.29) is 11.7 Å². The first kappa shape index (κ1) is 13.0. The maximum absolute atomic E-state index is 12.1. The third-order valence-corrected chi connectivity index (χ3v) is 3.83. The fraction of sp³-hybridized carbons (Fsp3) is 0.438. The zero-order valence-electron chi connectivity index (χ0n) is 12.0. The van der Waals surface area contributed by atoms with Gasteiger partial charge in [0.1, 0.15) is 5.75 Å². The molecule has 0 amide bonds. The number of hydrogen-bond donors (Lipinski definition) is 0. The van der Waals surface area contributed by atoms with Crippen LogP contribution >= 0.6 is 0 Å². The second kappa shape index (κ2) is 5.19. The van der Waals surface area contributed by atoms with Crippen LogP contribution in [0.4, 0.5) is 0 Å². The van der Waals surface area contributed by atoms with Crippen molar-refractivity contribution in [2.45, 2.75) is 39.3 Å². The highest BCUT2D eigenvalue weighted by atomic mass is 16.5. The highest BCUT2D eigenvalue weighted by molar-refractivity contribution is 5.39. The van der Waals surface area contributed by atoms with Gasteiger partial charge in [0.05, 0.1) is 6.61 Å². The lowest BCUT2D eigenvalue weighted by atomic mass is 10.1. The van der Waals surface area contributed by atoms with Crippen LogP contribution < -0.4 is 10.4 Å². The summed E-state index contributed by atoms with van der Waals surface area (Å²) >= 11 is 0. The Kier molecular flexibility index (Phi) is 3.38. The molecule has 0 radical (unpaired) electrons. The molecular weight excluding hydrogens is 252 g/mol. The van der Waals surface area contributed by atoms with Crippen molar-refractivity contribution in [1.29, 1.82) is 0 Å². The monoisotopic (exact) mass is 272 g/mol. The molecule has 4 nitrogen and oxygen atoms in total. The SMILES string of the molecule is CC(C)n1ccn(CCc2ccc3c(c2)CCO3)c1=O. The number of aromatic nitrogens is 2. The molecule has 106 valence electrons. The van der Waals surface area contributed by atoms with E-state index in [1.165, 1.54) is 11.1 Å². The topological polar surface area (TPSA) is 36.2 Å². The highest BCUT2D eigenvalue weighted by Crippen LogP contribution is 2.26. The van der Waals surface area contributed by atoms with Gasteiger partial charge in [0.2, 0.25) is 0 Å². The number of hydrogen-bond acceptors (Lipinski definition) is 2. The molecule has 0 fully saturated rings. The van der Waals surface area contributed by atoms with Gasteiger partial charge in [-0.3, -0.25) is 9.13 Å². The predicted molar refractivity (Wildman–Crippen MR) is 78.4 cm³/mol. The van der Waals surface area contributed by atoms with Crippen LogP contribution in [0.3, 0.4) is 0 Å². The molecule has 0 saturated carbocycles. The quantitative estimate of drug-likeness (QED) is 0.857. The van der Waals surface area contributed by atoms with E-state index in [9.17, 15) is 4.79 Å². The van der Waals surface area contributed by atoms with Crippen molar-refractivity contribution < 1.29 is 4.74 Å². The van der Waals surface area contributed by atoms with Crippen LogP contribution in [0.5, 0.6) is 5.75 Å². The Labute approximate surface area is 118 Å². The summed E-state index contributed by atoms with van der Waals surface area (Å²) in [5.74, 6) is 1.01. The van der Waals surface area contributed by atoms with E-state index in [1.54, 1.807) is 9.13 Å². The van der Waals surface area contributed by atoms with Gasteiger partial charge in [0, 0.05) is 31.4 Å².